The lowest BCUT2D eigenvalue weighted by Crippen LogP contribution is -2.46. The van der Waals surface area contributed by atoms with E-state index in [0.717, 1.165) is 5.56 Å². The number of pyridine rings is 1. The molecule has 5 heteroatoms. The van der Waals surface area contributed by atoms with Crippen LogP contribution in [-0.2, 0) is 20.7 Å². The van der Waals surface area contributed by atoms with Crippen molar-refractivity contribution in [3.05, 3.63) is 60.4 Å². The number of hydrogen-bond acceptors (Lipinski definition) is 4. The SMILES string of the molecule is CC[C@H](C(=O)OC)N(C(=O)Cc1cccnc1)c1ccccc1. The smallest absolute Gasteiger partial charge is 0.328 e. The predicted molar refractivity (Wildman–Crippen MR) is 88.0 cm³/mol. The molecule has 0 fully saturated rings. The van der Waals surface area contributed by atoms with Gasteiger partial charge in [0.1, 0.15) is 6.04 Å². The summed E-state index contributed by atoms with van der Waals surface area (Å²) in [5.41, 5.74) is 1.48. The van der Waals surface area contributed by atoms with E-state index in [0.29, 0.717) is 12.1 Å². The molecule has 0 radical (unpaired) electrons. The molecular weight excluding hydrogens is 292 g/mol. The van der Waals surface area contributed by atoms with Crippen molar-refractivity contribution < 1.29 is 14.3 Å². The van der Waals surface area contributed by atoms with Gasteiger partial charge in [-0.25, -0.2) is 4.79 Å². The molecule has 1 aromatic carbocycles. The number of nitrogens with zero attached hydrogens (tertiary/aromatic N) is 2. The third-order valence-corrected chi connectivity index (χ3v) is 3.55. The minimum Gasteiger partial charge on any atom is -0.467 e. The van der Waals surface area contributed by atoms with Gasteiger partial charge in [0, 0.05) is 18.1 Å². The number of aromatic nitrogens is 1. The Morgan fingerprint density at radius 3 is 2.48 bits per heavy atom. The molecular formula is C18H20N2O3. The summed E-state index contributed by atoms with van der Waals surface area (Å²) < 4.78 is 4.86. The van der Waals surface area contributed by atoms with Crippen molar-refractivity contribution in [1.29, 1.82) is 0 Å². The van der Waals surface area contributed by atoms with Crippen LogP contribution in [0.15, 0.2) is 54.9 Å². The number of amides is 1. The molecule has 5 nitrogen and oxygen atoms in total. The van der Waals surface area contributed by atoms with Crippen LogP contribution in [-0.4, -0.2) is 30.0 Å². The van der Waals surface area contributed by atoms with E-state index in [4.69, 9.17) is 4.74 Å². The molecule has 1 amide bonds. The fraction of sp³-hybridized carbons (Fsp3) is 0.278. The van der Waals surface area contributed by atoms with Crippen LogP contribution in [0.2, 0.25) is 0 Å². The van der Waals surface area contributed by atoms with Crippen molar-refractivity contribution in [2.24, 2.45) is 0 Å². The third-order valence-electron chi connectivity index (χ3n) is 3.55. The van der Waals surface area contributed by atoms with Crippen LogP contribution in [0.1, 0.15) is 18.9 Å². The zero-order valence-corrected chi connectivity index (χ0v) is 13.3. The van der Waals surface area contributed by atoms with E-state index in [1.165, 1.54) is 12.0 Å². The standard InChI is InChI=1S/C18H20N2O3/c1-3-16(18(22)23-2)20(15-9-5-4-6-10-15)17(21)12-14-8-7-11-19-13-14/h4-11,13,16H,3,12H2,1-2H3/t16-/m1/s1. The summed E-state index contributed by atoms with van der Waals surface area (Å²) in [5, 5.41) is 0. The van der Waals surface area contributed by atoms with Gasteiger partial charge in [-0.15, -0.1) is 0 Å². The maximum Gasteiger partial charge on any atom is 0.328 e. The Hall–Kier alpha value is -2.69. The molecule has 120 valence electrons. The molecule has 1 aromatic heterocycles. The summed E-state index contributed by atoms with van der Waals surface area (Å²) in [6.45, 7) is 1.86. The van der Waals surface area contributed by atoms with Gasteiger partial charge in [0.25, 0.3) is 0 Å². The lowest BCUT2D eigenvalue weighted by molar-refractivity contribution is -0.143. The monoisotopic (exact) mass is 312 g/mol. The maximum atomic E-state index is 12.8. The van der Waals surface area contributed by atoms with E-state index in [1.54, 1.807) is 18.5 Å². The second-order valence-electron chi connectivity index (χ2n) is 5.08. The normalized spacial score (nSPS) is 11.6. The minimum absolute atomic E-state index is 0.165. The summed E-state index contributed by atoms with van der Waals surface area (Å²) in [6.07, 6.45) is 3.96. The second kappa shape index (κ2) is 8.08. The zero-order chi connectivity index (χ0) is 16.7. The fourth-order valence-corrected chi connectivity index (χ4v) is 2.44. The molecule has 0 saturated carbocycles. The van der Waals surface area contributed by atoms with Crippen LogP contribution in [0.3, 0.4) is 0 Å². The average Bonchev–Trinajstić information content (AvgIpc) is 2.60. The van der Waals surface area contributed by atoms with Crippen molar-refractivity contribution in [2.45, 2.75) is 25.8 Å². The van der Waals surface area contributed by atoms with Gasteiger partial charge < -0.3 is 4.74 Å². The fourth-order valence-electron chi connectivity index (χ4n) is 2.44. The van der Waals surface area contributed by atoms with Crippen molar-refractivity contribution in [3.8, 4) is 0 Å². The first kappa shape index (κ1) is 16.7. The number of carbonyl (C=O) groups excluding carboxylic acids is 2. The summed E-state index contributed by atoms with van der Waals surface area (Å²) in [6, 6.07) is 12.1. The number of carbonyl (C=O) groups is 2. The Bertz CT molecular complexity index is 644. The van der Waals surface area contributed by atoms with Crippen molar-refractivity contribution in [3.63, 3.8) is 0 Å². The van der Waals surface area contributed by atoms with Gasteiger partial charge in [-0.1, -0.05) is 31.2 Å². The molecule has 0 aliphatic rings. The van der Waals surface area contributed by atoms with E-state index in [-0.39, 0.29) is 12.3 Å². The highest BCUT2D eigenvalue weighted by molar-refractivity contribution is 6.00. The van der Waals surface area contributed by atoms with Gasteiger partial charge in [0.2, 0.25) is 5.91 Å². The molecule has 1 heterocycles. The summed E-state index contributed by atoms with van der Waals surface area (Å²) in [4.78, 5) is 30.4. The van der Waals surface area contributed by atoms with Crippen molar-refractivity contribution >= 4 is 17.6 Å². The highest BCUT2D eigenvalue weighted by atomic mass is 16.5. The van der Waals surface area contributed by atoms with E-state index >= 15 is 0 Å². The van der Waals surface area contributed by atoms with Gasteiger partial charge >= 0.3 is 5.97 Å². The molecule has 2 rings (SSSR count). The average molecular weight is 312 g/mol. The lowest BCUT2D eigenvalue weighted by atomic mass is 10.1. The molecule has 2 aromatic rings. The van der Waals surface area contributed by atoms with Crippen LogP contribution >= 0.6 is 0 Å². The molecule has 0 unspecified atom stereocenters. The molecule has 0 saturated heterocycles. The van der Waals surface area contributed by atoms with E-state index < -0.39 is 12.0 Å². The first-order valence-corrected chi connectivity index (χ1v) is 7.51. The largest absolute Gasteiger partial charge is 0.467 e. The molecule has 0 aliphatic carbocycles. The number of methoxy groups -OCH3 is 1. The minimum atomic E-state index is -0.647. The van der Waals surface area contributed by atoms with E-state index in [1.807, 2.05) is 43.3 Å². The molecule has 0 N–H and O–H groups in total. The first-order valence-electron chi connectivity index (χ1n) is 7.51. The number of para-hydroxylation sites is 1. The topological polar surface area (TPSA) is 59.5 Å². The van der Waals surface area contributed by atoms with E-state index in [2.05, 4.69) is 4.98 Å². The Balaban J connectivity index is 2.33. The number of ether oxygens (including phenoxy) is 1. The Morgan fingerprint density at radius 2 is 1.91 bits per heavy atom. The molecule has 23 heavy (non-hydrogen) atoms. The first-order chi connectivity index (χ1) is 11.2. The van der Waals surface area contributed by atoms with Gasteiger partial charge in [-0.2, -0.15) is 0 Å². The van der Waals surface area contributed by atoms with Gasteiger partial charge in [0.15, 0.2) is 0 Å². The number of rotatable bonds is 6. The van der Waals surface area contributed by atoms with Crippen LogP contribution in [0.4, 0.5) is 5.69 Å². The molecule has 1 atom stereocenters. The summed E-state index contributed by atoms with van der Waals surface area (Å²) in [5.74, 6) is -0.586. The summed E-state index contributed by atoms with van der Waals surface area (Å²) >= 11 is 0. The molecule has 0 aliphatic heterocycles. The highest BCUT2D eigenvalue weighted by Gasteiger charge is 2.30. The quantitative estimate of drug-likeness (QED) is 0.769. The number of hydrogen-bond donors (Lipinski definition) is 0. The van der Waals surface area contributed by atoms with Gasteiger partial charge in [0.05, 0.1) is 13.5 Å². The third kappa shape index (κ3) is 4.16. The van der Waals surface area contributed by atoms with Crippen LogP contribution in [0.25, 0.3) is 0 Å². The summed E-state index contributed by atoms with van der Waals surface area (Å²) in [7, 11) is 1.33. The van der Waals surface area contributed by atoms with Crippen LogP contribution in [0, 0.1) is 0 Å². The van der Waals surface area contributed by atoms with Crippen LogP contribution < -0.4 is 4.90 Å². The Kier molecular flexibility index (Phi) is 5.86. The predicted octanol–water partition coefficient (Wildman–Crippen LogP) is 2.61. The molecule has 0 spiro atoms. The van der Waals surface area contributed by atoms with Crippen molar-refractivity contribution in [1.82, 2.24) is 4.98 Å². The second-order valence-corrected chi connectivity index (χ2v) is 5.08. The Labute approximate surface area is 135 Å². The van der Waals surface area contributed by atoms with E-state index in [9.17, 15) is 9.59 Å². The Morgan fingerprint density at radius 1 is 1.17 bits per heavy atom. The lowest BCUT2D eigenvalue weighted by Gasteiger charge is -2.29. The van der Waals surface area contributed by atoms with Crippen molar-refractivity contribution in [2.75, 3.05) is 12.0 Å². The zero-order valence-electron chi connectivity index (χ0n) is 13.3. The number of anilines is 1. The number of benzene rings is 1. The van der Waals surface area contributed by atoms with Gasteiger partial charge in [-0.05, 0) is 30.2 Å². The highest BCUT2D eigenvalue weighted by Crippen LogP contribution is 2.21. The number of esters is 1. The van der Waals surface area contributed by atoms with Gasteiger partial charge in [-0.3, -0.25) is 14.7 Å². The van der Waals surface area contributed by atoms with Crippen LogP contribution in [0.5, 0.6) is 0 Å². The molecule has 0 bridgehead atoms. The maximum absolute atomic E-state index is 12.8.